The quantitative estimate of drug-likeness (QED) is 0.218. The highest BCUT2D eigenvalue weighted by Crippen LogP contribution is 2.22. The molecule has 1 aromatic heterocycles. The van der Waals surface area contributed by atoms with Crippen molar-refractivity contribution in [3.05, 3.63) is 23.0 Å². The molecule has 0 bridgehead atoms. The van der Waals surface area contributed by atoms with Crippen LogP contribution in [0, 0.1) is 6.92 Å². The van der Waals surface area contributed by atoms with Crippen LogP contribution < -0.4 is 0 Å². The number of hydrogen-bond acceptors (Lipinski definition) is 4. The first-order valence-electron chi connectivity index (χ1n) is 11.4. The molecular formula is C24H41NO3. The van der Waals surface area contributed by atoms with Crippen LogP contribution in [0.1, 0.15) is 118 Å². The summed E-state index contributed by atoms with van der Waals surface area (Å²) in [6.45, 7) is 4.97. The molecule has 28 heavy (non-hydrogen) atoms. The van der Waals surface area contributed by atoms with Gasteiger partial charge in [-0.05, 0) is 13.3 Å². The van der Waals surface area contributed by atoms with E-state index in [2.05, 4.69) is 11.9 Å². The van der Waals surface area contributed by atoms with Gasteiger partial charge in [-0.1, -0.05) is 90.4 Å². The summed E-state index contributed by atoms with van der Waals surface area (Å²) < 4.78 is 5.65. The molecule has 1 N–H and O–H groups in total. The van der Waals surface area contributed by atoms with Crippen molar-refractivity contribution in [2.45, 2.75) is 110 Å². The predicted octanol–water partition coefficient (Wildman–Crippen LogP) is 6.91. The summed E-state index contributed by atoms with van der Waals surface area (Å²) in [5.41, 5.74) is 1.43. The topological polar surface area (TPSA) is 59.4 Å². The molecule has 0 aromatic carbocycles. The summed E-state index contributed by atoms with van der Waals surface area (Å²) in [6.07, 6.45) is 21.1. The first-order chi connectivity index (χ1) is 13.7. The number of nitrogens with zero attached hydrogens (tertiary/aromatic N) is 1. The maximum Gasteiger partial charge on any atom is 0.154 e. The summed E-state index contributed by atoms with van der Waals surface area (Å²) in [5.74, 6) is -0.0346. The van der Waals surface area contributed by atoms with Gasteiger partial charge >= 0.3 is 0 Å². The molecule has 1 rings (SSSR count). The van der Waals surface area contributed by atoms with Crippen LogP contribution in [0.2, 0.25) is 0 Å². The number of aryl methyl sites for hydroxylation is 1. The minimum absolute atomic E-state index is 0.0346. The molecule has 0 aliphatic carbocycles. The van der Waals surface area contributed by atoms with E-state index in [1.165, 1.54) is 83.5 Å². The van der Waals surface area contributed by atoms with Crippen molar-refractivity contribution in [2.24, 2.45) is 0 Å². The Kier molecular flexibility index (Phi) is 14.5. The molecule has 0 saturated carbocycles. The maximum absolute atomic E-state index is 11.1. The van der Waals surface area contributed by atoms with Gasteiger partial charge in [-0.2, -0.15) is 0 Å². The number of unbranched alkanes of at least 4 members (excludes halogenated alkanes) is 13. The zero-order valence-electron chi connectivity index (χ0n) is 18.2. The van der Waals surface area contributed by atoms with Gasteiger partial charge in [-0.3, -0.25) is 9.78 Å². The lowest BCUT2D eigenvalue weighted by Crippen LogP contribution is -2.02. The maximum atomic E-state index is 11.1. The largest absolute Gasteiger partial charge is 0.505 e. The third kappa shape index (κ3) is 10.8. The minimum atomic E-state index is -0.0346. The van der Waals surface area contributed by atoms with Crippen LogP contribution in [0.3, 0.4) is 0 Å². The second-order valence-corrected chi connectivity index (χ2v) is 7.90. The van der Waals surface area contributed by atoms with Crippen molar-refractivity contribution in [1.29, 1.82) is 0 Å². The number of rotatable bonds is 18. The molecule has 1 heterocycles. The van der Waals surface area contributed by atoms with E-state index in [4.69, 9.17) is 4.74 Å². The first-order valence-corrected chi connectivity index (χ1v) is 11.4. The smallest absolute Gasteiger partial charge is 0.154 e. The van der Waals surface area contributed by atoms with Crippen molar-refractivity contribution >= 4 is 6.29 Å². The number of pyridine rings is 1. The number of hydrogen-bond donors (Lipinski definition) is 1. The minimum Gasteiger partial charge on any atom is -0.505 e. The van der Waals surface area contributed by atoms with Gasteiger partial charge in [-0.15, -0.1) is 0 Å². The van der Waals surface area contributed by atoms with E-state index >= 15 is 0 Å². The van der Waals surface area contributed by atoms with Crippen LogP contribution in [0.15, 0.2) is 6.20 Å². The normalized spacial score (nSPS) is 11.1. The molecule has 160 valence electrons. The lowest BCUT2D eigenvalue weighted by molar-refractivity contribution is 0.108. The van der Waals surface area contributed by atoms with Gasteiger partial charge in [0.1, 0.15) is 5.75 Å². The zero-order chi connectivity index (χ0) is 20.5. The van der Waals surface area contributed by atoms with Crippen molar-refractivity contribution in [3.63, 3.8) is 0 Å². The van der Waals surface area contributed by atoms with E-state index in [0.717, 1.165) is 6.42 Å². The highest BCUT2D eigenvalue weighted by molar-refractivity contribution is 5.81. The Morgan fingerprint density at radius 1 is 0.893 bits per heavy atom. The number of aromatic nitrogens is 1. The fraction of sp³-hybridized carbons (Fsp3) is 0.750. The van der Waals surface area contributed by atoms with E-state index in [0.29, 0.717) is 36.3 Å². The van der Waals surface area contributed by atoms with Crippen LogP contribution in [-0.2, 0) is 11.3 Å². The van der Waals surface area contributed by atoms with E-state index in [1.54, 1.807) is 13.1 Å². The van der Waals surface area contributed by atoms with Gasteiger partial charge in [0.2, 0.25) is 0 Å². The highest BCUT2D eigenvalue weighted by Gasteiger charge is 2.10. The van der Waals surface area contributed by atoms with Gasteiger partial charge in [0.05, 0.1) is 17.9 Å². The number of carbonyl (C=O) groups is 1. The highest BCUT2D eigenvalue weighted by atomic mass is 16.5. The predicted molar refractivity (Wildman–Crippen MR) is 116 cm³/mol. The number of carbonyl (C=O) groups excluding carboxylic acids is 1. The van der Waals surface area contributed by atoms with Gasteiger partial charge in [0, 0.05) is 18.4 Å². The molecule has 4 nitrogen and oxygen atoms in total. The van der Waals surface area contributed by atoms with Gasteiger partial charge in [-0.25, -0.2) is 0 Å². The fourth-order valence-electron chi connectivity index (χ4n) is 3.48. The van der Waals surface area contributed by atoms with Crippen LogP contribution >= 0.6 is 0 Å². The molecule has 0 fully saturated rings. The van der Waals surface area contributed by atoms with Crippen molar-refractivity contribution in [3.8, 4) is 5.75 Å². The lowest BCUT2D eigenvalue weighted by atomic mass is 10.0. The molecule has 0 amide bonds. The summed E-state index contributed by atoms with van der Waals surface area (Å²) in [7, 11) is 0. The third-order valence-electron chi connectivity index (χ3n) is 5.38. The molecule has 0 unspecified atom stereocenters. The Hall–Kier alpha value is -1.42. The van der Waals surface area contributed by atoms with Gasteiger partial charge in [0.15, 0.2) is 6.29 Å². The number of aromatic hydroxyl groups is 1. The van der Waals surface area contributed by atoms with E-state index < -0.39 is 0 Å². The summed E-state index contributed by atoms with van der Waals surface area (Å²) in [6, 6.07) is 0. The molecule has 0 aliphatic rings. The van der Waals surface area contributed by atoms with Crippen LogP contribution in [0.5, 0.6) is 5.75 Å². The zero-order valence-corrected chi connectivity index (χ0v) is 18.2. The molecule has 4 heteroatoms. The average molecular weight is 392 g/mol. The van der Waals surface area contributed by atoms with Crippen LogP contribution in [-0.4, -0.2) is 23.0 Å². The SMILES string of the molecule is CCCCCCCCCCCCCCCCOCc1cnc(C)c(O)c1C=O. The first kappa shape index (κ1) is 24.6. The molecule has 0 spiro atoms. The van der Waals surface area contributed by atoms with Crippen molar-refractivity contribution in [2.75, 3.05) is 6.61 Å². The standard InChI is InChI=1S/C24H41NO3/c1-3-4-5-6-7-8-9-10-11-12-13-14-15-16-17-28-20-22-18-25-21(2)24(27)23(22)19-26/h18-19,27H,3-17,20H2,1-2H3. The molecule has 0 saturated heterocycles. The van der Waals surface area contributed by atoms with Crippen LogP contribution in [0.25, 0.3) is 0 Å². The molecular weight excluding hydrogens is 350 g/mol. The second kappa shape index (κ2) is 16.5. The Morgan fingerprint density at radius 3 is 1.89 bits per heavy atom. The third-order valence-corrected chi connectivity index (χ3v) is 5.38. The molecule has 0 radical (unpaired) electrons. The lowest BCUT2D eigenvalue weighted by Gasteiger charge is -2.09. The molecule has 1 aromatic rings. The second-order valence-electron chi connectivity index (χ2n) is 7.90. The van der Waals surface area contributed by atoms with Gasteiger partial charge < -0.3 is 9.84 Å². The van der Waals surface area contributed by atoms with E-state index in [1.807, 2.05) is 0 Å². The summed E-state index contributed by atoms with van der Waals surface area (Å²) in [5, 5.41) is 9.86. The van der Waals surface area contributed by atoms with E-state index in [9.17, 15) is 9.90 Å². The Morgan fingerprint density at radius 2 is 1.39 bits per heavy atom. The Labute approximate surface area is 172 Å². The number of aldehydes is 1. The average Bonchev–Trinajstić information content (AvgIpc) is 2.70. The molecule has 0 atom stereocenters. The monoisotopic (exact) mass is 391 g/mol. The molecule has 0 aliphatic heterocycles. The Bertz CT molecular complexity index is 531. The van der Waals surface area contributed by atoms with Crippen molar-refractivity contribution in [1.82, 2.24) is 4.98 Å². The fourth-order valence-corrected chi connectivity index (χ4v) is 3.48. The summed E-state index contributed by atoms with van der Waals surface area (Å²) in [4.78, 5) is 15.2. The van der Waals surface area contributed by atoms with Gasteiger partial charge in [0.25, 0.3) is 0 Å². The number of ether oxygens (including phenoxy) is 1. The van der Waals surface area contributed by atoms with E-state index in [-0.39, 0.29) is 5.75 Å². The van der Waals surface area contributed by atoms with Crippen LogP contribution in [0.4, 0.5) is 0 Å². The summed E-state index contributed by atoms with van der Waals surface area (Å²) >= 11 is 0. The Balaban J connectivity index is 1.91. The van der Waals surface area contributed by atoms with Crippen molar-refractivity contribution < 1.29 is 14.6 Å².